The minimum Gasteiger partial charge on any atom is -0.481 e. The predicted molar refractivity (Wildman–Crippen MR) is 126 cm³/mol. The number of carbonyl (C=O) groups excluding carboxylic acids is 3. The number of aryl methyl sites for hydroxylation is 2. The highest BCUT2D eigenvalue weighted by Gasteiger charge is 2.34. The summed E-state index contributed by atoms with van der Waals surface area (Å²) in [5, 5.41) is 14.2. The van der Waals surface area contributed by atoms with Crippen molar-refractivity contribution in [1.82, 2.24) is 5.32 Å². The van der Waals surface area contributed by atoms with E-state index in [0.717, 1.165) is 29.5 Å². The van der Waals surface area contributed by atoms with Gasteiger partial charge in [-0.05, 0) is 68.7 Å². The second-order valence-electron chi connectivity index (χ2n) is 8.50. The van der Waals surface area contributed by atoms with Crippen molar-refractivity contribution in [3.05, 3.63) is 59.2 Å². The van der Waals surface area contributed by atoms with E-state index in [-0.39, 0.29) is 12.3 Å². The van der Waals surface area contributed by atoms with E-state index in [1.165, 1.54) is 13.8 Å². The summed E-state index contributed by atoms with van der Waals surface area (Å²) in [5.41, 5.74) is 2.20. The van der Waals surface area contributed by atoms with Crippen LogP contribution in [0.2, 0.25) is 0 Å². The number of carboxylic acid groups (broad SMARTS) is 1. The number of nitrogens with one attached hydrogen (secondary N) is 2. The lowest BCUT2D eigenvalue weighted by Gasteiger charge is -2.27. The van der Waals surface area contributed by atoms with E-state index < -0.39 is 35.9 Å². The molecule has 2 aromatic rings. The number of esters is 1. The van der Waals surface area contributed by atoms with Crippen molar-refractivity contribution in [2.45, 2.75) is 52.2 Å². The molecule has 0 bridgehead atoms. The Morgan fingerprint density at radius 1 is 1.00 bits per heavy atom. The Labute approximate surface area is 198 Å². The van der Waals surface area contributed by atoms with Crippen LogP contribution in [0.3, 0.4) is 0 Å². The Kier molecular flexibility index (Phi) is 8.77. The van der Waals surface area contributed by atoms with Gasteiger partial charge in [-0.3, -0.25) is 14.4 Å². The first-order chi connectivity index (χ1) is 15.9. The lowest BCUT2D eigenvalue weighted by Crippen LogP contribution is -2.53. The summed E-state index contributed by atoms with van der Waals surface area (Å²) in [6.07, 6.45) is -0.458. The van der Waals surface area contributed by atoms with Crippen molar-refractivity contribution in [3.8, 4) is 5.75 Å². The molecule has 0 saturated carbocycles. The van der Waals surface area contributed by atoms with Crippen molar-refractivity contribution < 1.29 is 33.8 Å². The van der Waals surface area contributed by atoms with Crippen LogP contribution in [0, 0.1) is 13.8 Å². The zero-order valence-corrected chi connectivity index (χ0v) is 19.9. The molecule has 0 aliphatic carbocycles. The zero-order chi connectivity index (χ0) is 25.5. The predicted octanol–water partition coefficient (Wildman–Crippen LogP) is 2.77. The molecule has 0 saturated heterocycles. The summed E-state index contributed by atoms with van der Waals surface area (Å²) < 4.78 is 10.3. The second-order valence-corrected chi connectivity index (χ2v) is 8.50. The number of amides is 2. The molecule has 9 heteroatoms. The number of rotatable bonds is 10. The average molecular weight is 471 g/mol. The number of carboxylic acids is 1. The fourth-order valence-corrected chi connectivity index (χ4v) is 3.30. The van der Waals surface area contributed by atoms with Gasteiger partial charge < -0.3 is 25.2 Å². The number of carbonyl (C=O) groups is 4. The van der Waals surface area contributed by atoms with E-state index >= 15 is 0 Å². The monoisotopic (exact) mass is 470 g/mol. The fourth-order valence-electron chi connectivity index (χ4n) is 3.30. The van der Waals surface area contributed by atoms with Crippen molar-refractivity contribution in [2.24, 2.45) is 0 Å². The quantitative estimate of drug-likeness (QED) is 0.455. The fraction of sp³-hybridized carbons (Fsp3) is 0.360. The van der Waals surface area contributed by atoms with Crippen LogP contribution >= 0.6 is 0 Å². The summed E-state index contributed by atoms with van der Waals surface area (Å²) in [6, 6.07) is 11.2. The molecule has 34 heavy (non-hydrogen) atoms. The van der Waals surface area contributed by atoms with Crippen molar-refractivity contribution in [2.75, 3.05) is 12.4 Å². The molecule has 2 aromatic carbocycles. The van der Waals surface area contributed by atoms with E-state index in [9.17, 15) is 19.2 Å². The van der Waals surface area contributed by atoms with Crippen molar-refractivity contribution in [3.63, 3.8) is 0 Å². The Bertz CT molecular complexity index is 1040. The first-order valence-electron chi connectivity index (χ1n) is 10.7. The normalized spacial score (nSPS) is 11.8. The topological polar surface area (TPSA) is 131 Å². The van der Waals surface area contributed by atoms with Crippen LogP contribution in [0.4, 0.5) is 5.69 Å². The minimum absolute atomic E-state index is 0.160. The van der Waals surface area contributed by atoms with Crippen LogP contribution in [0.15, 0.2) is 42.5 Å². The maximum atomic E-state index is 12.6. The molecule has 9 nitrogen and oxygen atoms in total. The Morgan fingerprint density at radius 2 is 1.59 bits per heavy atom. The third kappa shape index (κ3) is 7.91. The van der Waals surface area contributed by atoms with Gasteiger partial charge in [-0.15, -0.1) is 0 Å². The molecule has 1 atom stereocenters. The summed E-state index contributed by atoms with van der Waals surface area (Å²) in [5.74, 6) is -2.60. The van der Waals surface area contributed by atoms with E-state index in [4.69, 9.17) is 9.84 Å². The number of methoxy groups -OCH3 is 1. The van der Waals surface area contributed by atoms with Gasteiger partial charge >= 0.3 is 11.9 Å². The molecule has 0 spiro atoms. The first-order valence-corrected chi connectivity index (χ1v) is 10.7. The molecule has 3 N–H and O–H groups in total. The SMILES string of the molecule is COC(=O)C(CC(=O)O)NC(=O)C(C)(C)Oc1ccc(CC(=O)Nc2cc(C)cc(C)c2)cc1. The molecule has 0 fully saturated rings. The van der Waals surface area contributed by atoms with Crippen molar-refractivity contribution in [1.29, 1.82) is 0 Å². The molecule has 2 amide bonds. The summed E-state index contributed by atoms with van der Waals surface area (Å²) in [6.45, 7) is 6.90. The van der Waals surface area contributed by atoms with Crippen LogP contribution in [0.25, 0.3) is 0 Å². The smallest absolute Gasteiger partial charge is 0.328 e. The number of anilines is 1. The van der Waals surface area contributed by atoms with Gasteiger partial charge in [-0.25, -0.2) is 4.79 Å². The number of ether oxygens (including phenoxy) is 2. The van der Waals surface area contributed by atoms with Crippen LogP contribution in [-0.4, -0.2) is 47.6 Å². The van der Waals surface area contributed by atoms with Gasteiger partial charge in [0.15, 0.2) is 5.60 Å². The maximum absolute atomic E-state index is 12.6. The molecule has 2 rings (SSSR count). The highest BCUT2D eigenvalue weighted by molar-refractivity contribution is 5.92. The van der Waals surface area contributed by atoms with Gasteiger partial charge in [0.2, 0.25) is 5.91 Å². The molecule has 1 unspecified atom stereocenters. The van der Waals surface area contributed by atoms with Crippen LogP contribution < -0.4 is 15.4 Å². The number of aliphatic carboxylic acids is 1. The summed E-state index contributed by atoms with van der Waals surface area (Å²) in [4.78, 5) is 47.8. The molecule has 182 valence electrons. The Balaban J connectivity index is 1.99. The lowest BCUT2D eigenvalue weighted by molar-refractivity contribution is -0.151. The largest absolute Gasteiger partial charge is 0.481 e. The second kappa shape index (κ2) is 11.3. The number of benzene rings is 2. The standard InChI is InChI=1S/C25H30N2O7/c1-15-10-16(2)12-18(11-15)26-21(28)13-17-6-8-19(9-7-17)34-25(3,4)24(32)27-20(14-22(29)30)23(31)33-5/h6-12,20H,13-14H2,1-5H3,(H,26,28)(H,27,32)(H,29,30). The van der Waals surface area contributed by atoms with E-state index in [1.807, 2.05) is 32.0 Å². The lowest BCUT2D eigenvalue weighted by atomic mass is 10.1. The van der Waals surface area contributed by atoms with Gasteiger partial charge in [-0.1, -0.05) is 18.2 Å². The molecule has 0 aromatic heterocycles. The van der Waals surface area contributed by atoms with Crippen LogP contribution in [0.1, 0.15) is 37.0 Å². The molecular formula is C25H30N2O7. The zero-order valence-electron chi connectivity index (χ0n) is 19.9. The molecule has 0 aliphatic rings. The van der Waals surface area contributed by atoms with Gasteiger partial charge in [0.1, 0.15) is 11.8 Å². The highest BCUT2D eigenvalue weighted by atomic mass is 16.5. The van der Waals surface area contributed by atoms with Gasteiger partial charge in [-0.2, -0.15) is 0 Å². The Morgan fingerprint density at radius 3 is 2.12 bits per heavy atom. The van der Waals surface area contributed by atoms with E-state index in [0.29, 0.717) is 5.75 Å². The summed E-state index contributed by atoms with van der Waals surface area (Å²) >= 11 is 0. The van der Waals surface area contributed by atoms with Crippen LogP contribution in [0.5, 0.6) is 5.75 Å². The average Bonchev–Trinajstić information content (AvgIpc) is 2.72. The molecule has 0 radical (unpaired) electrons. The van der Waals surface area contributed by atoms with E-state index in [1.54, 1.807) is 24.3 Å². The Hall–Kier alpha value is -3.88. The first kappa shape index (κ1) is 26.4. The summed E-state index contributed by atoms with van der Waals surface area (Å²) in [7, 11) is 1.11. The molecule has 0 aliphatic heterocycles. The third-order valence-electron chi connectivity index (χ3n) is 4.88. The van der Waals surface area contributed by atoms with Crippen LogP contribution in [-0.2, 0) is 30.3 Å². The number of hydrogen-bond acceptors (Lipinski definition) is 6. The van der Waals surface area contributed by atoms with E-state index in [2.05, 4.69) is 15.4 Å². The highest BCUT2D eigenvalue weighted by Crippen LogP contribution is 2.20. The molecule has 0 heterocycles. The van der Waals surface area contributed by atoms with Gasteiger partial charge in [0.25, 0.3) is 5.91 Å². The minimum atomic E-state index is -1.41. The molecular weight excluding hydrogens is 440 g/mol. The third-order valence-corrected chi connectivity index (χ3v) is 4.88. The van der Waals surface area contributed by atoms with Crippen molar-refractivity contribution >= 4 is 29.4 Å². The maximum Gasteiger partial charge on any atom is 0.328 e. The number of hydrogen-bond donors (Lipinski definition) is 3. The van der Waals surface area contributed by atoms with Gasteiger partial charge in [0, 0.05) is 5.69 Å². The van der Waals surface area contributed by atoms with Gasteiger partial charge in [0.05, 0.1) is 20.0 Å².